The molecular weight excluding hydrogens is 426 g/mol. The number of rotatable bonds is 4. The summed E-state index contributed by atoms with van der Waals surface area (Å²) >= 11 is 6.10. The number of hydrogen-bond acceptors (Lipinski definition) is 4. The lowest BCUT2D eigenvalue weighted by atomic mass is 9.93. The van der Waals surface area contributed by atoms with Crippen LogP contribution in [0.15, 0.2) is 42.7 Å². The fourth-order valence-corrected chi connectivity index (χ4v) is 5.06. The van der Waals surface area contributed by atoms with Gasteiger partial charge in [-0.05, 0) is 61.6 Å². The van der Waals surface area contributed by atoms with Crippen LogP contribution in [0.5, 0.6) is 5.75 Å². The molecule has 2 aliphatic heterocycles. The molecule has 0 radical (unpaired) electrons. The monoisotopic (exact) mass is 455 g/mol. The lowest BCUT2D eigenvalue weighted by molar-refractivity contribution is -0.139. The fourth-order valence-electron chi connectivity index (χ4n) is 4.89. The summed E-state index contributed by atoms with van der Waals surface area (Å²) in [4.78, 5) is 34.7. The largest absolute Gasteiger partial charge is 0.496 e. The Labute approximate surface area is 194 Å². The number of pyridine rings is 1. The Morgan fingerprint density at radius 1 is 1.00 bits per heavy atom. The van der Waals surface area contributed by atoms with Gasteiger partial charge in [-0.15, -0.1) is 0 Å². The molecule has 2 aliphatic rings. The summed E-state index contributed by atoms with van der Waals surface area (Å²) in [6.07, 6.45) is 9.26. The second-order valence-electron chi connectivity index (χ2n) is 8.59. The first-order valence-corrected chi connectivity index (χ1v) is 11.8. The van der Waals surface area contributed by atoms with E-state index in [0.717, 1.165) is 37.8 Å². The van der Waals surface area contributed by atoms with E-state index in [1.54, 1.807) is 42.6 Å². The zero-order chi connectivity index (χ0) is 22.5. The van der Waals surface area contributed by atoms with Gasteiger partial charge in [0.05, 0.1) is 18.7 Å². The summed E-state index contributed by atoms with van der Waals surface area (Å²) in [5.74, 6) is 0.589. The van der Waals surface area contributed by atoms with Gasteiger partial charge in [0.2, 0.25) is 5.91 Å². The summed E-state index contributed by atoms with van der Waals surface area (Å²) in [5.41, 5.74) is 1.63. The van der Waals surface area contributed by atoms with Gasteiger partial charge < -0.3 is 14.5 Å². The topological polar surface area (TPSA) is 62.7 Å². The van der Waals surface area contributed by atoms with Crippen molar-refractivity contribution in [1.29, 1.82) is 0 Å². The lowest BCUT2D eigenvalue weighted by Crippen LogP contribution is -2.45. The van der Waals surface area contributed by atoms with Crippen molar-refractivity contribution < 1.29 is 14.3 Å². The van der Waals surface area contributed by atoms with E-state index < -0.39 is 0 Å². The van der Waals surface area contributed by atoms with E-state index in [1.165, 1.54) is 0 Å². The van der Waals surface area contributed by atoms with Gasteiger partial charge in [0.15, 0.2) is 0 Å². The lowest BCUT2D eigenvalue weighted by Gasteiger charge is -2.37. The number of nitrogens with zero attached hydrogens (tertiary/aromatic N) is 3. The quantitative estimate of drug-likeness (QED) is 0.668. The molecule has 2 fully saturated rings. The minimum atomic E-state index is -0.0975. The van der Waals surface area contributed by atoms with Crippen molar-refractivity contribution in [2.24, 2.45) is 5.92 Å². The van der Waals surface area contributed by atoms with Crippen LogP contribution >= 0.6 is 11.6 Å². The van der Waals surface area contributed by atoms with Crippen LogP contribution in [0.3, 0.4) is 0 Å². The molecule has 0 bridgehead atoms. The van der Waals surface area contributed by atoms with Crippen LogP contribution in [-0.2, 0) is 4.79 Å². The Bertz CT molecular complexity index is 945. The molecule has 32 heavy (non-hydrogen) atoms. The number of methoxy groups -OCH3 is 1. The molecule has 2 amide bonds. The number of halogens is 1. The maximum atomic E-state index is 13.6. The highest BCUT2D eigenvalue weighted by Gasteiger charge is 2.34. The Morgan fingerprint density at radius 3 is 2.47 bits per heavy atom. The maximum Gasteiger partial charge on any atom is 0.257 e. The van der Waals surface area contributed by atoms with Gasteiger partial charge in [0.25, 0.3) is 5.91 Å². The summed E-state index contributed by atoms with van der Waals surface area (Å²) in [5, 5.41) is 0.502. The van der Waals surface area contributed by atoms with Crippen molar-refractivity contribution >= 4 is 23.4 Å². The zero-order valence-corrected chi connectivity index (χ0v) is 19.3. The highest BCUT2D eigenvalue weighted by atomic mass is 35.5. The Balaban J connectivity index is 1.43. The normalized spacial score (nSPS) is 20.0. The molecule has 2 aromatic rings. The van der Waals surface area contributed by atoms with E-state index in [1.807, 2.05) is 12.1 Å². The van der Waals surface area contributed by atoms with E-state index in [-0.39, 0.29) is 23.8 Å². The molecule has 0 spiro atoms. The highest BCUT2D eigenvalue weighted by molar-refractivity contribution is 6.31. The summed E-state index contributed by atoms with van der Waals surface area (Å²) in [7, 11) is 1.55. The summed E-state index contributed by atoms with van der Waals surface area (Å²) in [6, 6.07) is 9.23. The van der Waals surface area contributed by atoms with E-state index in [4.69, 9.17) is 16.3 Å². The summed E-state index contributed by atoms with van der Waals surface area (Å²) in [6.45, 7) is 1.90. The maximum absolute atomic E-state index is 13.6. The number of aromatic nitrogens is 1. The molecule has 6 nitrogen and oxygen atoms in total. The third-order valence-corrected chi connectivity index (χ3v) is 6.89. The number of carbonyl (C=O) groups is 2. The highest BCUT2D eigenvalue weighted by Crippen LogP contribution is 2.33. The van der Waals surface area contributed by atoms with Crippen LogP contribution in [0.1, 0.15) is 60.5 Å². The van der Waals surface area contributed by atoms with Crippen LogP contribution in [0.2, 0.25) is 5.02 Å². The minimum Gasteiger partial charge on any atom is -0.496 e. The Hall–Kier alpha value is -2.60. The molecule has 0 saturated carbocycles. The third kappa shape index (κ3) is 4.90. The van der Waals surface area contributed by atoms with Gasteiger partial charge in [-0.2, -0.15) is 0 Å². The number of piperidine rings is 1. The summed E-state index contributed by atoms with van der Waals surface area (Å²) < 4.78 is 5.35. The SMILES string of the molecule is COc1ccc(Cl)cc1C(=O)N1CCC(C(=O)N2CCCCCC2c2ccncc2)CC1. The zero-order valence-electron chi connectivity index (χ0n) is 18.5. The van der Waals surface area contributed by atoms with E-state index in [0.29, 0.717) is 42.3 Å². The smallest absolute Gasteiger partial charge is 0.257 e. The van der Waals surface area contributed by atoms with E-state index >= 15 is 0 Å². The molecule has 7 heteroatoms. The molecule has 1 aromatic carbocycles. The van der Waals surface area contributed by atoms with Crippen molar-refractivity contribution in [3.8, 4) is 5.75 Å². The van der Waals surface area contributed by atoms with Crippen molar-refractivity contribution in [2.45, 2.75) is 44.6 Å². The number of carbonyl (C=O) groups excluding carboxylic acids is 2. The first kappa shape index (κ1) is 22.6. The van der Waals surface area contributed by atoms with Gasteiger partial charge in [0, 0.05) is 43.0 Å². The third-order valence-electron chi connectivity index (χ3n) is 6.65. The number of amides is 2. The number of likely N-dealkylation sites (tertiary alicyclic amines) is 2. The van der Waals surface area contributed by atoms with Crippen LogP contribution < -0.4 is 4.74 Å². The van der Waals surface area contributed by atoms with Crippen LogP contribution in [-0.4, -0.2) is 53.3 Å². The first-order valence-electron chi connectivity index (χ1n) is 11.4. The Kier molecular flexibility index (Phi) is 7.30. The molecule has 4 rings (SSSR count). The van der Waals surface area contributed by atoms with Gasteiger partial charge in [-0.3, -0.25) is 14.6 Å². The van der Waals surface area contributed by atoms with E-state index in [9.17, 15) is 9.59 Å². The van der Waals surface area contributed by atoms with Crippen LogP contribution in [0, 0.1) is 5.92 Å². The molecule has 0 aliphatic carbocycles. The van der Waals surface area contributed by atoms with Crippen LogP contribution in [0.4, 0.5) is 0 Å². The number of hydrogen-bond donors (Lipinski definition) is 0. The number of ether oxygens (including phenoxy) is 1. The average Bonchev–Trinajstić information content (AvgIpc) is 3.10. The molecule has 0 N–H and O–H groups in total. The molecule has 1 atom stereocenters. The second-order valence-corrected chi connectivity index (χ2v) is 9.02. The predicted molar refractivity (Wildman–Crippen MR) is 124 cm³/mol. The standard InChI is InChI=1S/C25H30ClN3O3/c1-32-23-7-6-20(26)17-21(23)25(31)28-15-10-19(11-16-28)24(30)29-14-4-2-3-5-22(29)18-8-12-27-13-9-18/h6-9,12-13,17,19,22H,2-5,10-11,14-16H2,1H3. The molecule has 1 unspecified atom stereocenters. The van der Waals surface area contributed by atoms with Gasteiger partial charge >= 0.3 is 0 Å². The second kappa shape index (κ2) is 10.3. The minimum absolute atomic E-state index is 0.0530. The average molecular weight is 456 g/mol. The van der Waals surface area contributed by atoms with Crippen molar-refractivity contribution in [1.82, 2.24) is 14.8 Å². The first-order chi connectivity index (χ1) is 15.6. The van der Waals surface area contributed by atoms with Crippen molar-refractivity contribution in [2.75, 3.05) is 26.7 Å². The van der Waals surface area contributed by atoms with Crippen LogP contribution in [0.25, 0.3) is 0 Å². The van der Waals surface area contributed by atoms with Gasteiger partial charge in [-0.25, -0.2) is 0 Å². The molecule has 170 valence electrons. The van der Waals surface area contributed by atoms with Crippen molar-refractivity contribution in [3.05, 3.63) is 58.9 Å². The van der Waals surface area contributed by atoms with Crippen molar-refractivity contribution in [3.63, 3.8) is 0 Å². The molecular formula is C25H30ClN3O3. The van der Waals surface area contributed by atoms with Gasteiger partial charge in [0.1, 0.15) is 5.75 Å². The molecule has 2 saturated heterocycles. The molecule has 1 aromatic heterocycles. The Morgan fingerprint density at radius 2 is 1.75 bits per heavy atom. The fraction of sp³-hybridized carbons (Fsp3) is 0.480. The van der Waals surface area contributed by atoms with Gasteiger partial charge in [-0.1, -0.05) is 24.4 Å². The number of benzene rings is 1. The molecule has 3 heterocycles. The van der Waals surface area contributed by atoms with E-state index in [2.05, 4.69) is 9.88 Å². The predicted octanol–water partition coefficient (Wildman–Crippen LogP) is 4.74.